The number of benzene rings is 1. The first-order valence-electron chi connectivity index (χ1n) is 6.94. The van der Waals surface area contributed by atoms with Gasteiger partial charge in [-0.2, -0.15) is 0 Å². The molecule has 0 unspecified atom stereocenters. The van der Waals surface area contributed by atoms with E-state index in [0.717, 1.165) is 31.5 Å². The number of rotatable bonds is 6. The number of halogens is 2. The lowest BCUT2D eigenvalue weighted by molar-refractivity contribution is 0.102. The van der Waals surface area contributed by atoms with Crippen LogP contribution >= 0.6 is 0 Å². The highest BCUT2D eigenvalue weighted by Crippen LogP contribution is 2.18. The van der Waals surface area contributed by atoms with Crippen molar-refractivity contribution in [2.24, 2.45) is 0 Å². The Kier molecular flexibility index (Phi) is 5.35. The van der Waals surface area contributed by atoms with E-state index in [2.05, 4.69) is 27.8 Å². The zero-order valence-corrected chi connectivity index (χ0v) is 12.1. The van der Waals surface area contributed by atoms with E-state index >= 15 is 0 Å². The molecule has 0 aliphatic heterocycles. The van der Waals surface area contributed by atoms with E-state index in [1.54, 1.807) is 6.07 Å². The normalized spacial score (nSPS) is 10.3. The highest BCUT2D eigenvalue weighted by molar-refractivity contribution is 6.02. The monoisotopic (exact) mass is 306 g/mol. The third-order valence-electron chi connectivity index (χ3n) is 2.93. The highest BCUT2D eigenvalue weighted by atomic mass is 19.1. The fourth-order valence-corrected chi connectivity index (χ4v) is 1.74. The Morgan fingerprint density at radius 1 is 1.14 bits per heavy atom. The van der Waals surface area contributed by atoms with Gasteiger partial charge in [0.15, 0.2) is 5.69 Å². The number of aromatic nitrogens is 2. The molecule has 0 atom stereocenters. The molecule has 22 heavy (non-hydrogen) atoms. The second-order valence-electron chi connectivity index (χ2n) is 4.63. The highest BCUT2D eigenvalue weighted by Gasteiger charge is 2.14. The van der Waals surface area contributed by atoms with Crippen molar-refractivity contribution in [1.29, 1.82) is 0 Å². The molecule has 1 heterocycles. The molecule has 1 aromatic heterocycles. The Morgan fingerprint density at radius 3 is 2.45 bits per heavy atom. The summed E-state index contributed by atoms with van der Waals surface area (Å²) in [5, 5.41) is 12.8. The number of nitrogens with zero attached hydrogens (tertiary/aromatic N) is 2. The smallest absolute Gasteiger partial charge is 0.276 e. The predicted octanol–water partition coefficient (Wildman–Crippen LogP) is 3.22. The molecule has 7 heteroatoms. The van der Waals surface area contributed by atoms with Crippen molar-refractivity contribution >= 4 is 17.4 Å². The molecule has 5 nitrogen and oxygen atoms in total. The minimum absolute atomic E-state index is 0.0244. The topological polar surface area (TPSA) is 66.9 Å². The van der Waals surface area contributed by atoms with Gasteiger partial charge in [-0.1, -0.05) is 19.4 Å². The SMILES string of the molecule is CCCCNc1ccc(C(=O)Nc2c(F)cccc2F)nn1. The van der Waals surface area contributed by atoms with Crippen LogP contribution in [0.1, 0.15) is 30.3 Å². The van der Waals surface area contributed by atoms with Crippen LogP contribution < -0.4 is 10.6 Å². The molecule has 0 bridgehead atoms. The summed E-state index contributed by atoms with van der Waals surface area (Å²) in [6.45, 7) is 2.83. The van der Waals surface area contributed by atoms with Crippen molar-refractivity contribution in [3.05, 3.63) is 47.7 Å². The molecule has 1 amide bonds. The predicted molar refractivity (Wildman–Crippen MR) is 79.7 cm³/mol. The average molecular weight is 306 g/mol. The Morgan fingerprint density at radius 2 is 1.86 bits per heavy atom. The molecule has 0 aliphatic rings. The maximum absolute atomic E-state index is 13.5. The van der Waals surface area contributed by atoms with Crippen molar-refractivity contribution in [2.75, 3.05) is 17.2 Å². The molecule has 2 aromatic rings. The van der Waals surface area contributed by atoms with Gasteiger partial charge in [0.2, 0.25) is 0 Å². The molecule has 2 N–H and O–H groups in total. The third-order valence-corrected chi connectivity index (χ3v) is 2.93. The van der Waals surface area contributed by atoms with Crippen molar-refractivity contribution in [1.82, 2.24) is 10.2 Å². The van der Waals surface area contributed by atoms with Gasteiger partial charge < -0.3 is 10.6 Å². The Hall–Kier alpha value is -2.57. The van der Waals surface area contributed by atoms with Crippen LogP contribution in [0.2, 0.25) is 0 Å². The van der Waals surface area contributed by atoms with E-state index in [0.29, 0.717) is 5.82 Å². The standard InChI is InChI=1S/C15H16F2N4O/c1-2-3-9-18-13-8-7-12(20-21-13)15(22)19-14-10(16)5-4-6-11(14)17/h4-8H,2-3,9H2,1H3,(H,18,21)(H,19,22). The van der Waals surface area contributed by atoms with Gasteiger partial charge in [0.25, 0.3) is 5.91 Å². The van der Waals surface area contributed by atoms with Gasteiger partial charge in [0.1, 0.15) is 23.1 Å². The van der Waals surface area contributed by atoms with Crippen LogP contribution in [0.5, 0.6) is 0 Å². The number of carbonyl (C=O) groups excluding carboxylic acids is 1. The summed E-state index contributed by atoms with van der Waals surface area (Å²) in [4.78, 5) is 11.9. The molecule has 1 aromatic carbocycles. The number of carbonyl (C=O) groups is 1. The number of unbranched alkanes of at least 4 members (excludes halogenated alkanes) is 1. The molecular formula is C15H16F2N4O. The maximum Gasteiger partial charge on any atom is 0.276 e. The van der Waals surface area contributed by atoms with Crippen molar-refractivity contribution in [2.45, 2.75) is 19.8 Å². The molecule has 0 fully saturated rings. The number of amides is 1. The summed E-state index contributed by atoms with van der Waals surface area (Å²) < 4.78 is 26.9. The van der Waals surface area contributed by atoms with Crippen molar-refractivity contribution in [3.63, 3.8) is 0 Å². The van der Waals surface area contributed by atoms with Crippen LogP contribution in [0.25, 0.3) is 0 Å². The van der Waals surface area contributed by atoms with E-state index in [-0.39, 0.29) is 5.69 Å². The van der Waals surface area contributed by atoms with Gasteiger partial charge in [-0.25, -0.2) is 8.78 Å². The van der Waals surface area contributed by atoms with Crippen LogP contribution in [0.15, 0.2) is 30.3 Å². The lowest BCUT2D eigenvalue weighted by Gasteiger charge is -2.07. The second-order valence-corrected chi connectivity index (χ2v) is 4.63. The quantitative estimate of drug-likeness (QED) is 0.804. The lowest BCUT2D eigenvalue weighted by Crippen LogP contribution is -2.16. The first-order chi connectivity index (χ1) is 10.6. The van der Waals surface area contributed by atoms with Gasteiger partial charge in [0, 0.05) is 6.54 Å². The number of anilines is 2. The van der Waals surface area contributed by atoms with Crippen LogP contribution in [0.3, 0.4) is 0 Å². The number of hydrogen-bond acceptors (Lipinski definition) is 4. The summed E-state index contributed by atoms with van der Waals surface area (Å²) in [6, 6.07) is 6.37. The summed E-state index contributed by atoms with van der Waals surface area (Å²) >= 11 is 0. The van der Waals surface area contributed by atoms with Gasteiger partial charge in [-0.15, -0.1) is 10.2 Å². The van der Waals surface area contributed by atoms with Crippen molar-refractivity contribution < 1.29 is 13.6 Å². The zero-order valence-electron chi connectivity index (χ0n) is 12.1. The molecule has 2 rings (SSSR count). The Balaban J connectivity index is 2.04. The van der Waals surface area contributed by atoms with Gasteiger partial charge in [0.05, 0.1) is 0 Å². The van der Waals surface area contributed by atoms with Crippen molar-refractivity contribution in [3.8, 4) is 0 Å². The van der Waals surface area contributed by atoms with Crippen LogP contribution in [-0.4, -0.2) is 22.6 Å². The lowest BCUT2D eigenvalue weighted by atomic mass is 10.2. The molecule has 0 saturated heterocycles. The summed E-state index contributed by atoms with van der Waals surface area (Å²) in [5.41, 5.74) is -0.525. The molecule has 0 radical (unpaired) electrons. The maximum atomic E-state index is 13.5. The number of para-hydroxylation sites is 1. The molecule has 0 saturated carbocycles. The Labute approximate surface area is 126 Å². The van der Waals surface area contributed by atoms with E-state index in [1.807, 2.05) is 0 Å². The third kappa shape index (κ3) is 3.97. The summed E-state index contributed by atoms with van der Waals surface area (Å²) in [7, 11) is 0. The molecule has 0 spiro atoms. The van der Waals surface area contributed by atoms with Gasteiger partial charge >= 0.3 is 0 Å². The van der Waals surface area contributed by atoms with E-state index in [1.165, 1.54) is 12.1 Å². The molecular weight excluding hydrogens is 290 g/mol. The first-order valence-corrected chi connectivity index (χ1v) is 6.94. The average Bonchev–Trinajstić information content (AvgIpc) is 2.52. The minimum Gasteiger partial charge on any atom is -0.369 e. The van der Waals surface area contributed by atoms with Gasteiger partial charge in [-0.3, -0.25) is 4.79 Å². The number of hydrogen-bond donors (Lipinski definition) is 2. The second kappa shape index (κ2) is 7.44. The molecule has 116 valence electrons. The Bertz CT molecular complexity index is 626. The number of nitrogens with one attached hydrogen (secondary N) is 2. The minimum atomic E-state index is -0.848. The van der Waals surface area contributed by atoms with Crippen LogP contribution in [0, 0.1) is 11.6 Å². The summed E-state index contributed by atoms with van der Waals surface area (Å²) in [5.74, 6) is -1.88. The van der Waals surface area contributed by atoms with E-state index in [9.17, 15) is 13.6 Å². The fraction of sp³-hybridized carbons (Fsp3) is 0.267. The van der Waals surface area contributed by atoms with Crippen LogP contribution in [-0.2, 0) is 0 Å². The largest absolute Gasteiger partial charge is 0.369 e. The van der Waals surface area contributed by atoms with Crippen LogP contribution in [0.4, 0.5) is 20.3 Å². The summed E-state index contributed by atoms with van der Waals surface area (Å²) in [6.07, 6.45) is 2.05. The zero-order chi connectivity index (χ0) is 15.9. The van der Waals surface area contributed by atoms with Gasteiger partial charge in [-0.05, 0) is 30.7 Å². The fourth-order valence-electron chi connectivity index (χ4n) is 1.74. The first kappa shape index (κ1) is 15.8. The molecule has 0 aliphatic carbocycles. The van der Waals surface area contributed by atoms with E-state index in [4.69, 9.17) is 0 Å². The van der Waals surface area contributed by atoms with E-state index < -0.39 is 23.2 Å².